The smallest absolute Gasteiger partial charge is 0.281 e. The van der Waals surface area contributed by atoms with Gasteiger partial charge < -0.3 is 4.74 Å². The van der Waals surface area contributed by atoms with Gasteiger partial charge in [0.1, 0.15) is 15.6 Å². The first-order valence-electron chi connectivity index (χ1n) is 8.73. The Kier molecular flexibility index (Phi) is 6.06. The van der Waals surface area contributed by atoms with Gasteiger partial charge in [0.05, 0.1) is 19.2 Å². The van der Waals surface area contributed by atoms with Crippen LogP contribution in [0.5, 0.6) is 5.75 Å². The molecule has 0 fully saturated rings. The summed E-state index contributed by atoms with van der Waals surface area (Å²) in [5.41, 5.74) is 8.29. The number of nitrogens with zero attached hydrogens (tertiary/aromatic N) is 1. The first-order valence-corrected chi connectivity index (χ1v) is 9.55. The lowest BCUT2D eigenvalue weighted by atomic mass is 10.1. The maximum Gasteiger partial charge on any atom is 0.281 e. The molecule has 0 saturated carbocycles. The van der Waals surface area contributed by atoms with Crippen LogP contribution in [0.15, 0.2) is 48.5 Å². The molecule has 0 bridgehead atoms. The summed E-state index contributed by atoms with van der Waals surface area (Å²) in [7, 11) is 1.56. The van der Waals surface area contributed by atoms with Crippen LogP contribution in [0, 0.1) is 13.8 Å². The fourth-order valence-corrected chi connectivity index (χ4v) is 3.72. The Morgan fingerprint density at radius 1 is 1.07 bits per heavy atom. The van der Waals surface area contributed by atoms with Gasteiger partial charge in [-0.05, 0) is 19.9 Å². The summed E-state index contributed by atoms with van der Waals surface area (Å²) in [6.07, 6.45) is 0.0993. The number of aryl methyl sites for hydroxylation is 2. The topological polar surface area (TPSA) is 80.3 Å². The highest BCUT2D eigenvalue weighted by Gasteiger charge is 2.17. The fraction of sp³-hybridized carbons (Fsp3) is 0.190. The zero-order chi connectivity index (χ0) is 20.1. The van der Waals surface area contributed by atoms with Crippen LogP contribution in [0.3, 0.4) is 0 Å². The Morgan fingerprint density at radius 2 is 1.82 bits per heavy atom. The third kappa shape index (κ3) is 4.55. The van der Waals surface area contributed by atoms with Gasteiger partial charge in [0.25, 0.3) is 5.91 Å². The molecule has 1 aromatic heterocycles. The number of methoxy groups -OCH3 is 1. The molecule has 1 heterocycles. The summed E-state index contributed by atoms with van der Waals surface area (Å²) in [5.74, 6) is -0.0812. The molecule has 0 saturated heterocycles. The number of ether oxygens (including phenoxy) is 1. The number of hydrogen-bond acceptors (Lipinski definition) is 5. The van der Waals surface area contributed by atoms with E-state index in [1.165, 1.54) is 11.3 Å². The van der Waals surface area contributed by atoms with Gasteiger partial charge >= 0.3 is 0 Å². The molecular weight excluding hydrogens is 374 g/mol. The van der Waals surface area contributed by atoms with E-state index in [-0.39, 0.29) is 18.2 Å². The first kappa shape index (κ1) is 19.6. The second-order valence-corrected chi connectivity index (χ2v) is 7.29. The van der Waals surface area contributed by atoms with E-state index in [9.17, 15) is 9.59 Å². The van der Waals surface area contributed by atoms with E-state index >= 15 is 0 Å². The number of aromatic nitrogens is 1. The van der Waals surface area contributed by atoms with Gasteiger partial charge in [0.2, 0.25) is 5.91 Å². The zero-order valence-corrected chi connectivity index (χ0v) is 16.7. The highest BCUT2D eigenvalue weighted by Crippen LogP contribution is 2.27. The number of hydrogen-bond donors (Lipinski definition) is 2. The van der Waals surface area contributed by atoms with Gasteiger partial charge in [-0.25, -0.2) is 4.98 Å². The Hall–Kier alpha value is -3.19. The molecule has 28 heavy (non-hydrogen) atoms. The Balaban J connectivity index is 1.64. The lowest BCUT2D eigenvalue weighted by Crippen LogP contribution is -2.42. The van der Waals surface area contributed by atoms with Crippen LogP contribution in [0.2, 0.25) is 0 Å². The van der Waals surface area contributed by atoms with Gasteiger partial charge in [0, 0.05) is 11.1 Å². The monoisotopic (exact) mass is 395 g/mol. The molecule has 0 aliphatic carbocycles. The predicted molar refractivity (Wildman–Crippen MR) is 109 cm³/mol. The van der Waals surface area contributed by atoms with Crippen molar-refractivity contribution in [1.29, 1.82) is 0 Å². The van der Waals surface area contributed by atoms with Crippen LogP contribution in [-0.4, -0.2) is 23.9 Å². The number of amides is 2. The minimum Gasteiger partial charge on any atom is -0.496 e. The van der Waals surface area contributed by atoms with Crippen molar-refractivity contribution in [1.82, 2.24) is 15.8 Å². The molecule has 144 valence electrons. The number of nitrogens with one attached hydrogen (secondary N) is 2. The highest BCUT2D eigenvalue weighted by molar-refractivity contribution is 7.17. The first-order chi connectivity index (χ1) is 13.5. The van der Waals surface area contributed by atoms with Gasteiger partial charge in [-0.15, -0.1) is 11.3 Å². The average molecular weight is 395 g/mol. The van der Waals surface area contributed by atoms with Crippen LogP contribution in [0.4, 0.5) is 0 Å². The number of carbonyl (C=O) groups excluding carboxylic acids is 2. The van der Waals surface area contributed by atoms with E-state index in [1.807, 2.05) is 55.5 Å². The SMILES string of the molecule is COc1ccc(C)cc1CC(=O)NNC(=O)c1sc(-c2ccccc2)nc1C. The summed E-state index contributed by atoms with van der Waals surface area (Å²) >= 11 is 1.29. The number of carbonyl (C=O) groups is 2. The second kappa shape index (κ2) is 8.67. The number of rotatable bonds is 5. The molecule has 2 aromatic carbocycles. The van der Waals surface area contributed by atoms with Crippen molar-refractivity contribution in [2.24, 2.45) is 0 Å². The van der Waals surface area contributed by atoms with Crippen molar-refractivity contribution in [3.63, 3.8) is 0 Å². The molecule has 0 unspecified atom stereocenters. The van der Waals surface area contributed by atoms with Crippen molar-refractivity contribution in [2.75, 3.05) is 7.11 Å². The van der Waals surface area contributed by atoms with Crippen LogP contribution < -0.4 is 15.6 Å². The molecule has 0 spiro atoms. The third-order valence-corrected chi connectivity index (χ3v) is 5.33. The van der Waals surface area contributed by atoms with E-state index in [0.29, 0.717) is 16.3 Å². The molecule has 0 aliphatic rings. The highest BCUT2D eigenvalue weighted by atomic mass is 32.1. The molecule has 2 amide bonds. The largest absolute Gasteiger partial charge is 0.496 e. The van der Waals surface area contributed by atoms with Crippen LogP contribution in [-0.2, 0) is 11.2 Å². The van der Waals surface area contributed by atoms with Crippen LogP contribution >= 0.6 is 11.3 Å². The van der Waals surface area contributed by atoms with E-state index in [1.54, 1.807) is 14.0 Å². The Bertz CT molecular complexity index is 999. The summed E-state index contributed by atoms with van der Waals surface area (Å²) in [6, 6.07) is 15.3. The molecule has 0 aliphatic heterocycles. The lowest BCUT2D eigenvalue weighted by Gasteiger charge is -2.10. The van der Waals surface area contributed by atoms with E-state index in [4.69, 9.17) is 4.74 Å². The molecular formula is C21H21N3O3S. The zero-order valence-electron chi connectivity index (χ0n) is 15.9. The summed E-state index contributed by atoms with van der Waals surface area (Å²) in [5, 5.41) is 0.763. The van der Waals surface area contributed by atoms with Crippen molar-refractivity contribution >= 4 is 23.2 Å². The molecule has 3 aromatic rings. The molecule has 0 atom stereocenters. The third-order valence-electron chi connectivity index (χ3n) is 4.13. The van der Waals surface area contributed by atoms with Crippen LogP contribution in [0.25, 0.3) is 10.6 Å². The Morgan fingerprint density at radius 3 is 2.54 bits per heavy atom. The van der Waals surface area contributed by atoms with Crippen molar-refractivity contribution in [3.8, 4) is 16.3 Å². The Labute approximate surface area is 167 Å². The van der Waals surface area contributed by atoms with Gasteiger partial charge in [-0.3, -0.25) is 20.4 Å². The van der Waals surface area contributed by atoms with E-state index < -0.39 is 0 Å². The predicted octanol–water partition coefficient (Wildman–Crippen LogP) is 3.44. The van der Waals surface area contributed by atoms with Crippen molar-refractivity contribution in [3.05, 3.63) is 70.2 Å². The van der Waals surface area contributed by atoms with Gasteiger partial charge in [-0.2, -0.15) is 0 Å². The molecule has 3 rings (SSSR count). The fourth-order valence-electron chi connectivity index (χ4n) is 2.76. The molecule has 0 radical (unpaired) electrons. The van der Waals surface area contributed by atoms with Crippen LogP contribution in [0.1, 0.15) is 26.5 Å². The quantitative estimate of drug-likeness (QED) is 0.649. The summed E-state index contributed by atoms with van der Waals surface area (Å²) in [4.78, 5) is 29.6. The van der Waals surface area contributed by atoms with E-state index in [0.717, 1.165) is 21.7 Å². The minimum absolute atomic E-state index is 0.0993. The summed E-state index contributed by atoms with van der Waals surface area (Å²) in [6.45, 7) is 3.72. The average Bonchev–Trinajstić information content (AvgIpc) is 3.09. The lowest BCUT2D eigenvalue weighted by molar-refractivity contribution is -0.121. The maximum atomic E-state index is 12.5. The number of benzene rings is 2. The van der Waals surface area contributed by atoms with Crippen molar-refractivity contribution in [2.45, 2.75) is 20.3 Å². The number of hydrazine groups is 1. The normalized spacial score (nSPS) is 10.4. The minimum atomic E-state index is -0.387. The second-order valence-electron chi connectivity index (χ2n) is 6.29. The molecule has 2 N–H and O–H groups in total. The van der Waals surface area contributed by atoms with Gasteiger partial charge in [0.15, 0.2) is 0 Å². The van der Waals surface area contributed by atoms with E-state index in [2.05, 4.69) is 15.8 Å². The molecule has 7 heteroatoms. The van der Waals surface area contributed by atoms with Gasteiger partial charge in [-0.1, -0.05) is 48.0 Å². The number of thiazole rings is 1. The maximum absolute atomic E-state index is 12.5. The summed E-state index contributed by atoms with van der Waals surface area (Å²) < 4.78 is 5.28. The standard InChI is InChI=1S/C21H21N3O3S/c1-13-9-10-17(27-3)16(11-13)12-18(25)23-24-20(26)19-14(2)22-21(28-19)15-7-5-4-6-8-15/h4-11H,12H2,1-3H3,(H,23,25)(H,24,26). The van der Waals surface area contributed by atoms with Crippen molar-refractivity contribution < 1.29 is 14.3 Å². The molecule has 6 nitrogen and oxygen atoms in total.